The van der Waals surface area contributed by atoms with Crippen molar-refractivity contribution in [3.05, 3.63) is 41.8 Å². The van der Waals surface area contributed by atoms with Crippen LogP contribution in [0.1, 0.15) is 40.8 Å². The molecule has 0 spiro atoms. The molecule has 0 unspecified atom stereocenters. The molecular formula is C17H21N5O4S. The first-order valence-electron chi connectivity index (χ1n) is 8.90. The lowest BCUT2D eigenvalue weighted by Gasteiger charge is -2.44. The van der Waals surface area contributed by atoms with Gasteiger partial charge < -0.3 is 9.42 Å². The van der Waals surface area contributed by atoms with Crippen molar-refractivity contribution in [3.8, 4) is 0 Å². The van der Waals surface area contributed by atoms with Gasteiger partial charge in [0.25, 0.3) is 5.91 Å². The fourth-order valence-electron chi connectivity index (χ4n) is 3.17. The maximum atomic E-state index is 12.4. The maximum Gasteiger partial charge on any atom is 0.254 e. The molecule has 0 N–H and O–H groups in total. The van der Waals surface area contributed by atoms with E-state index >= 15 is 0 Å². The summed E-state index contributed by atoms with van der Waals surface area (Å²) in [6.07, 6.45) is 6.84. The Morgan fingerprint density at radius 1 is 1.30 bits per heavy atom. The van der Waals surface area contributed by atoms with Gasteiger partial charge in [-0.05, 0) is 25.0 Å². The number of carbonyl (C=O) groups is 1. The van der Waals surface area contributed by atoms with Gasteiger partial charge in [0, 0.05) is 49.9 Å². The van der Waals surface area contributed by atoms with E-state index in [0.717, 1.165) is 12.8 Å². The Labute approximate surface area is 157 Å². The fraction of sp³-hybridized carbons (Fsp3) is 0.529. The van der Waals surface area contributed by atoms with Crippen molar-refractivity contribution in [2.75, 3.05) is 25.9 Å². The van der Waals surface area contributed by atoms with Crippen LogP contribution >= 0.6 is 0 Å². The molecule has 2 aliphatic rings. The molecule has 4 rings (SSSR count). The summed E-state index contributed by atoms with van der Waals surface area (Å²) in [5.41, 5.74) is 0.550. The Kier molecular flexibility index (Phi) is 4.68. The van der Waals surface area contributed by atoms with E-state index in [9.17, 15) is 13.2 Å². The van der Waals surface area contributed by atoms with Crippen molar-refractivity contribution in [1.82, 2.24) is 24.3 Å². The third-order valence-electron chi connectivity index (χ3n) is 4.88. The van der Waals surface area contributed by atoms with Crippen LogP contribution in [0.15, 0.2) is 29.0 Å². The first kappa shape index (κ1) is 18.1. The van der Waals surface area contributed by atoms with E-state index in [0.29, 0.717) is 42.7 Å². The van der Waals surface area contributed by atoms with Gasteiger partial charge in [0.1, 0.15) is 0 Å². The third-order valence-corrected chi connectivity index (χ3v) is 6.21. The fourth-order valence-corrected chi connectivity index (χ4v) is 4.27. The van der Waals surface area contributed by atoms with E-state index in [1.54, 1.807) is 29.4 Å². The molecule has 1 amide bonds. The molecule has 27 heavy (non-hydrogen) atoms. The van der Waals surface area contributed by atoms with Gasteiger partial charge in [0.05, 0.1) is 12.3 Å². The van der Waals surface area contributed by atoms with Crippen molar-refractivity contribution in [3.63, 3.8) is 0 Å². The lowest BCUT2D eigenvalue weighted by atomic mass is 10.1. The molecule has 1 aliphatic heterocycles. The number of sulfonamides is 1. The zero-order valence-electron chi connectivity index (χ0n) is 15.0. The molecule has 1 aliphatic carbocycles. The summed E-state index contributed by atoms with van der Waals surface area (Å²) in [6, 6.07) is 3.07. The summed E-state index contributed by atoms with van der Waals surface area (Å²) in [5.74, 6) is 1.43. The predicted molar refractivity (Wildman–Crippen MR) is 95.5 cm³/mol. The minimum Gasteiger partial charge on any atom is -0.339 e. The van der Waals surface area contributed by atoms with Gasteiger partial charge in [-0.3, -0.25) is 9.78 Å². The Morgan fingerprint density at radius 2 is 2.00 bits per heavy atom. The molecule has 0 aromatic carbocycles. The highest BCUT2D eigenvalue weighted by Crippen LogP contribution is 2.38. The number of hydrogen-bond acceptors (Lipinski definition) is 7. The van der Waals surface area contributed by atoms with Crippen molar-refractivity contribution >= 4 is 15.9 Å². The van der Waals surface area contributed by atoms with Crippen LogP contribution in [0.4, 0.5) is 0 Å². The number of carbonyl (C=O) groups excluding carboxylic acids is 1. The highest BCUT2D eigenvalue weighted by Gasteiger charge is 2.39. The molecule has 2 aromatic rings. The molecule has 0 atom stereocenters. The summed E-state index contributed by atoms with van der Waals surface area (Å²) in [7, 11) is -3.41. The number of nitrogens with zero attached hydrogens (tertiary/aromatic N) is 5. The zero-order chi connectivity index (χ0) is 19.0. The number of likely N-dealkylation sites (tertiary alicyclic amines) is 1. The predicted octanol–water partition coefficient (Wildman–Crippen LogP) is 0.671. The molecule has 9 nitrogen and oxygen atoms in total. The molecular weight excluding hydrogens is 370 g/mol. The second-order valence-electron chi connectivity index (χ2n) is 7.05. The van der Waals surface area contributed by atoms with E-state index in [4.69, 9.17) is 4.52 Å². The lowest BCUT2D eigenvalue weighted by molar-refractivity contribution is 0.0454. The van der Waals surface area contributed by atoms with Gasteiger partial charge in [0.2, 0.25) is 15.9 Å². The topological polar surface area (TPSA) is 110 Å². The normalized spacial score (nSPS) is 17.9. The molecule has 0 bridgehead atoms. The second-order valence-corrected chi connectivity index (χ2v) is 8.98. The van der Waals surface area contributed by atoms with Gasteiger partial charge >= 0.3 is 0 Å². The van der Waals surface area contributed by atoms with Crippen molar-refractivity contribution in [2.24, 2.45) is 0 Å². The number of pyridine rings is 1. The minimum absolute atomic E-state index is 0.116. The number of hydrogen-bond donors (Lipinski definition) is 0. The van der Waals surface area contributed by atoms with Gasteiger partial charge in [-0.1, -0.05) is 5.16 Å². The third kappa shape index (κ3) is 4.01. The Balaban J connectivity index is 1.36. The van der Waals surface area contributed by atoms with Crippen LogP contribution in [-0.2, 0) is 16.4 Å². The molecule has 144 valence electrons. The molecule has 10 heteroatoms. The van der Waals surface area contributed by atoms with Crippen LogP contribution in [0, 0.1) is 0 Å². The Bertz CT molecular complexity index is 920. The standard InChI is InChI=1S/C17H21N5O4S/c1-27(24,25)22(9-6-15-19-16(26-20-15)12-2-3-12)14-10-21(11-14)17(23)13-4-7-18-8-5-13/h4-5,7-8,12,14H,2-3,6,9-11H2,1H3. The summed E-state index contributed by atoms with van der Waals surface area (Å²) in [6.45, 7) is 1.01. The first-order chi connectivity index (χ1) is 12.9. The van der Waals surface area contributed by atoms with Crippen molar-refractivity contribution in [2.45, 2.75) is 31.2 Å². The van der Waals surface area contributed by atoms with Crippen LogP contribution in [0.25, 0.3) is 0 Å². The molecule has 2 aromatic heterocycles. The highest BCUT2D eigenvalue weighted by molar-refractivity contribution is 7.88. The molecule has 1 saturated heterocycles. The van der Waals surface area contributed by atoms with Gasteiger partial charge in [-0.15, -0.1) is 0 Å². The monoisotopic (exact) mass is 391 g/mol. The van der Waals surface area contributed by atoms with E-state index in [1.165, 1.54) is 10.6 Å². The Morgan fingerprint density at radius 3 is 2.63 bits per heavy atom. The summed E-state index contributed by atoms with van der Waals surface area (Å²) >= 11 is 0. The van der Waals surface area contributed by atoms with E-state index in [-0.39, 0.29) is 18.5 Å². The van der Waals surface area contributed by atoms with Crippen molar-refractivity contribution in [1.29, 1.82) is 0 Å². The van der Waals surface area contributed by atoms with Crippen molar-refractivity contribution < 1.29 is 17.7 Å². The summed E-state index contributed by atoms with van der Waals surface area (Å²) in [4.78, 5) is 22.3. The quantitative estimate of drug-likeness (QED) is 0.682. The van der Waals surface area contributed by atoms with Crippen LogP contribution in [0.5, 0.6) is 0 Å². The average molecular weight is 391 g/mol. The van der Waals surface area contributed by atoms with E-state index < -0.39 is 10.0 Å². The largest absolute Gasteiger partial charge is 0.339 e. The Hall–Kier alpha value is -2.33. The second kappa shape index (κ2) is 7.01. The first-order valence-corrected chi connectivity index (χ1v) is 10.8. The smallest absolute Gasteiger partial charge is 0.254 e. The SMILES string of the molecule is CS(=O)(=O)N(CCc1noc(C2CC2)n1)C1CN(C(=O)c2ccncc2)C1. The maximum absolute atomic E-state index is 12.4. The minimum atomic E-state index is -3.41. The van der Waals surface area contributed by atoms with E-state index in [2.05, 4.69) is 15.1 Å². The number of amides is 1. The van der Waals surface area contributed by atoms with Gasteiger partial charge in [-0.25, -0.2) is 8.42 Å². The van der Waals surface area contributed by atoms with E-state index in [1.807, 2.05) is 0 Å². The number of aromatic nitrogens is 3. The molecule has 0 radical (unpaired) electrons. The van der Waals surface area contributed by atoms with Crippen LogP contribution in [-0.4, -0.2) is 70.6 Å². The van der Waals surface area contributed by atoms with Crippen LogP contribution < -0.4 is 0 Å². The molecule has 2 fully saturated rings. The van der Waals surface area contributed by atoms with Gasteiger partial charge in [0.15, 0.2) is 5.82 Å². The zero-order valence-corrected chi connectivity index (χ0v) is 15.8. The van der Waals surface area contributed by atoms with Crippen LogP contribution in [0.3, 0.4) is 0 Å². The van der Waals surface area contributed by atoms with Crippen LogP contribution in [0.2, 0.25) is 0 Å². The average Bonchev–Trinajstić information content (AvgIpc) is 3.35. The molecule has 1 saturated carbocycles. The van der Waals surface area contributed by atoms with Gasteiger partial charge in [-0.2, -0.15) is 9.29 Å². The highest BCUT2D eigenvalue weighted by atomic mass is 32.2. The number of rotatable bonds is 7. The lowest BCUT2D eigenvalue weighted by Crippen LogP contribution is -2.62. The summed E-state index contributed by atoms with van der Waals surface area (Å²) in [5, 5.41) is 3.94. The molecule has 3 heterocycles. The summed E-state index contributed by atoms with van der Waals surface area (Å²) < 4.78 is 31.1.